The summed E-state index contributed by atoms with van der Waals surface area (Å²) in [7, 11) is 0. The highest BCUT2D eigenvalue weighted by Gasteiger charge is 1.68. The summed E-state index contributed by atoms with van der Waals surface area (Å²) in [6.45, 7) is 5.06. The topological polar surface area (TPSA) is 12.4 Å². The number of hydrogen-bond acceptors (Lipinski definition) is 2. The average Bonchev–Trinajstić information content (AvgIpc) is 1.69. The second-order valence-electron chi connectivity index (χ2n) is 1.06. The summed E-state index contributed by atoms with van der Waals surface area (Å²) in [6.07, 6.45) is 0. The zero-order valence-electron chi connectivity index (χ0n) is 4.85. The molecule has 0 saturated heterocycles. The van der Waals surface area contributed by atoms with Gasteiger partial charge in [0.15, 0.2) is 0 Å². The molecule has 0 N–H and O–H groups in total. The van der Waals surface area contributed by atoms with Crippen LogP contribution in [0.1, 0.15) is 13.8 Å². The Bertz CT molecular complexity index is 52.0. The normalized spacial score (nSPS) is 10.6. The molecule has 42 valence electrons. The second-order valence-corrected chi connectivity index (χ2v) is 2.18. The van der Waals surface area contributed by atoms with Crippen molar-refractivity contribution in [2.75, 3.05) is 12.3 Å². The molecule has 0 rings (SSSR count). The fourth-order valence-corrected chi connectivity index (χ4v) is 0.605. The molecule has 0 aliphatic heterocycles. The fourth-order valence-electron chi connectivity index (χ4n) is 0.202. The largest absolute Gasteiger partial charge is 0.287 e. The van der Waals surface area contributed by atoms with Crippen LogP contribution in [0, 0.1) is 0 Å². The molecule has 0 fully saturated rings. The van der Waals surface area contributed by atoms with E-state index in [1.54, 1.807) is 11.8 Å². The number of rotatable bonds is 3. The van der Waals surface area contributed by atoms with Crippen molar-refractivity contribution in [3.63, 3.8) is 0 Å². The highest BCUT2D eigenvalue weighted by atomic mass is 32.2. The number of aliphatic imine (C=N–C) groups is 1. The maximum atomic E-state index is 4.00. The molecule has 7 heavy (non-hydrogen) atoms. The molecule has 0 saturated carbocycles. The molecule has 2 heteroatoms. The van der Waals surface area contributed by atoms with E-state index in [1.165, 1.54) is 0 Å². The first kappa shape index (κ1) is 7.02. The van der Waals surface area contributed by atoms with Gasteiger partial charge in [-0.05, 0) is 12.7 Å². The van der Waals surface area contributed by atoms with Crippen molar-refractivity contribution in [3.8, 4) is 0 Å². The number of thioether (sulfide) groups is 1. The lowest BCUT2D eigenvalue weighted by Gasteiger charge is -1.80. The number of hydrogen-bond donors (Lipinski definition) is 0. The molecule has 0 aromatic rings. The van der Waals surface area contributed by atoms with Crippen LogP contribution in [0.4, 0.5) is 0 Å². The Morgan fingerprint density at radius 1 is 1.57 bits per heavy atom. The first-order valence-corrected chi connectivity index (χ1v) is 3.56. The minimum Gasteiger partial charge on any atom is -0.287 e. The quantitative estimate of drug-likeness (QED) is 0.405. The highest BCUT2D eigenvalue weighted by Crippen LogP contribution is 1.90. The Kier molecular flexibility index (Phi) is 6.04. The van der Waals surface area contributed by atoms with Crippen molar-refractivity contribution in [1.29, 1.82) is 0 Å². The van der Waals surface area contributed by atoms with E-state index in [4.69, 9.17) is 0 Å². The molecular weight excluding hydrogens is 106 g/mol. The zero-order valence-corrected chi connectivity index (χ0v) is 5.66. The van der Waals surface area contributed by atoms with Crippen molar-refractivity contribution in [1.82, 2.24) is 0 Å². The van der Waals surface area contributed by atoms with E-state index in [0.717, 1.165) is 12.3 Å². The van der Waals surface area contributed by atoms with Gasteiger partial charge in [0.05, 0.1) is 5.55 Å². The smallest absolute Gasteiger partial charge is 0.0540 e. The molecule has 0 bridgehead atoms. The molecule has 1 nitrogen and oxygen atoms in total. The Labute approximate surface area is 49.2 Å². The molecule has 0 aliphatic carbocycles. The second kappa shape index (κ2) is 6.02. The highest BCUT2D eigenvalue weighted by molar-refractivity contribution is 8.12. The van der Waals surface area contributed by atoms with Crippen molar-refractivity contribution < 1.29 is 0 Å². The van der Waals surface area contributed by atoms with Crippen LogP contribution in [0.15, 0.2) is 4.99 Å². The predicted molar refractivity (Wildman–Crippen MR) is 37.2 cm³/mol. The van der Waals surface area contributed by atoms with E-state index in [0.29, 0.717) is 0 Å². The minimum absolute atomic E-state index is 0.910. The third kappa shape index (κ3) is 6.02. The van der Waals surface area contributed by atoms with E-state index in [-0.39, 0.29) is 0 Å². The molecule has 0 aromatic carbocycles. The average molecular weight is 117 g/mol. The van der Waals surface area contributed by atoms with Crippen LogP contribution >= 0.6 is 11.8 Å². The van der Waals surface area contributed by atoms with Crippen LogP contribution in [-0.4, -0.2) is 17.8 Å². The zero-order chi connectivity index (χ0) is 5.54. The van der Waals surface area contributed by atoms with Crippen LogP contribution in [0.5, 0.6) is 0 Å². The van der Waals surface area contributed by atoms with Crippen LogP contribution in [-0.2, 0) is 0 Å². The fraction of sp³-hybridized carbons (Fsp3) is 0.800. The Balaban J connectivity index is 2.78. The monoisotopic (exact) mass is 117 g/mol. The van der Waals surface area contributed by atoms with Crippen molar-refractivity contribution in [2.24, 2.45) is 4.99 Å². The van der Waals surface area contributed by atoms with Gasteiger partial charge in [-0.15, -0.1) is 11.8 Å². The van der Waals surface area contributed by atoms with E-state index < -0.39 is 0 Å². The van der Waals surface area contributed by atoms with Gasteiger partial charge in [-0.1, -0.05) is 6.92 Å². The summed E-state index contributed by atoms with van der Waals surface area (Å²) in [5, 5.41) is 0. The van der Waals surface area contributed by atoms with Crippen LogP contribution < -0.4 is 0 Å². The first-order valence-electron chi connectivity index (χ1n) is 2.51. The minimum atomic E-state index is 0.910. The van der Waals surface area contributed by atoms with E-state index in [9.17, 15) is 0 Å². The van der Waals surface area contributed by atoms with Crippen molar-refractivity contribution >= 4 is 17.3 Å². The van der Waals surface area contributed by atoms with E-state index >= 15 is 0 Å². The molecule has 0 aromatic heterocycles. The Morgan fingerprint density at radius 3 is 2.71 bits per heavy atom. The van der Waals surface area contributed by atoms with Gasteiger partial charge in [0.2, 0.25) is 0 Å². The van der Waals surface area contributed by atoms with Crippen molar-refractivity contribution in [2.45, 2.75) is 13.8 Å². The maximum Gasteiger partial charge on any atom is 0.0540 e. The maximum absolute atomic E-state index is 4.00. The molecule has 0 aliphatic rings. The molecule has 0 radical (unpaired) electrons. The molecule has 0 atom stereocenters. The third-order valence-electron chi connectivity index (χ3n) is 0.498. The first-order chi connectivity index (χ1) is 3.41. The molecule has 0 spiro atoms. The Hall–Kier alpha value is 0.0200. The summed E-state index contributed by atoms with van der Waals surface area (Å²) >= 11 is 1.74. The SMILES string of the molecule is CCN=CSCC. The lowest BCUT2D eigenvalue weighted by Crippen LogP contribution is -1.69. The summed E-state index contributed by atoms with van der Waals surface area (Å²) in [4.78, 5) is 4.00. The van der Waals surface area contributed by atoms with Gasteiger partial charge in [0.1, 0.15) is 0 Å². The van der Waals surface area contributed by atoms with Crippen LogP contribution in [0.3, 0.4) is 0 Å². The predicted octanol–water partition coefficient (Wildman–Crippen LogP) is 1.79. The molecule has 0 amide bonds. The van der Waals surface area contributed by atoms with Gasteiger partial charge >= 0.3 is 0 Å². The summed E-state index contributed by atoms with van der Waals surface area (Å²) < 4.78 is 0. The van der Waals surface area contributed by atoms with Crippen LogP contribution in [0.25, 0.3) is 0 Å². The van der Waals surface area contributed by atoms with Gasteiger partial charge in [-0.25, -0.2) is 0 Å². The van der Waals surface area contributed by atoms with Gasteiger partial charge < -0.3 is 0 Å². The van der Waals surface area contributed by atoms with Gasteiger partial charge in [0.25, 0.3) is 0 Å². The Morgan fingerprint density at radius 2 is 2.29 bits per heavy atom. The number of nitrogens with zero attached hydrogens (tertiary/aromatic N) is 1. The van der Waals surface area contributed by atoms with Gasteiger partial charge in [-0.3, -0.25) is 4.99 Å². The molecular formula is C5H11NS. The summed E-state index contributed by atoms with van der Waals surface area (Å²) in [5.41, 5.74) is 1.90. The lowest BCUT2D eigenvalue weighted by molar-refractivity contribution is 1.15. The summed E-state index contributed by atoms with van der Waals surface area (Å²) in [6, 6.07) is 0. The van der Waals surface area contributed by atoms with E-state index in [2.05, 4.69) is 11.9 Å². The van der Waals surface area contributed by atoms with Crippen molar-refractivity contribution in [3.05, 3.63) is 0 Å². The van der Waals surface area contributed by atoms with E-state index in [1.807, 2.05) is 12.5 Å². The lowest BCUT2D eigenvalue weighted by atomic mass is 10.8. The standard InChI is InChI=1S/C5H11NS/c1-3-6-5-7-4-2/h5H,3-4H2,1-2H3. The van der Waals surface area contributed by atoms with Crippen LogP contribution in [0.2, 0.25) is 0 Å². The summed E-state index contributed by atoms with van der Waals surface area (Å²) in [5.74, 6) is 1.13. The van der Waals surface area contributed by atoms with Gasteiger partial charge in [-0.2, -0.15) is 0 Å². The molecule has 0 heterocycles. The molecule has 0 unspecified atom stereocenters. The van der Waals surface area contributed by atoms with Gasteiger partial charge in [0, 0.05) is 6.54 Å². The third-order valence-corrected chi connectivity index (χ3v) is 1.13.